The first-order valence-electron chi connectivity index (χ1n) is 7.65. The lowest BCUT2D eigenvalue weighted by molar-refractivity contribution is 0.103. The Morgan fingerprint density at radius 1 is 1.09 bits per heavy atom. The van der Waals surface area contributed by atoms with Crippen molar-refractivity contribution in [3.05, 3.63) is 47.7 Å². The van der Waals surface area contributed by atoms with E-state index in [0.717, 1.165) is 19.6 Å². The number of β-amino-alcohol motifs (C(OH)–C–C–N with tert-alkyl or cyclic N) is 1. The van der Waals surface area contributed by atoms with E-state index in [1.165, 1.54) is 5.56 Å². The highest BCUT2D eigenvalue weighted by molar-refractivity contribution is 5.14. The fourth-order valence-electron chi connectivity index (χ4n) is 2.84. The SMILES string of the molecule is Cc1nnc(CN2CCN(Cc3ccccc3)CC(O)C2)o1. The van der Waals surface area contributed by atoms with Crippen LogP contribution < -0.4 is 0 Å². The first kappa shape index (κ1) is 15.1. The summed E-state index contributed by atoms with van der Waals surface area (Å²) in [4.78, 5) is 4.46. The van der Waals surface area contributed by atoms with Crippen LogP contribution in [0.15, 0.2) is 34.7 Å². The Morgan fingerprint density at radius 2 is 1.77 bits per heavy atom. The van der Waals surface area contributed by atoms with Crippen LogP contribution in [0, 0.1) is 6.92 Å². The molecule has 22 heavy (non-hydrogen) atoms. The van der Waals surface area contributed by atoms with E-state index in [4.69, 9.17) is 4.42 Å². The highest BCUT2D eigenvalue weighted by Gasteiger charge is 2.22. The molecule has 0 spiro atoms. The Labute approximate surface area is 130 Å². The number of hydrogen-bond donors (Lipinski definition) is 1. The second-order valence-corrected chi connectivity index (χ2v) is 5.82. The minimum absolute atomic E-state index is 0.366. The van der Waals surface area contributed by atoms with Gasteiger partial charge in [-0.25, -0.2) is 0 Å². The van der Waals surface area contributed by atoms with Crippen molar-refractivity contribution in [2.24, 2.45) is 0 Å². The van der Waals surface area contributed by atoms with Gasteiger partial charge in [0.25, 0.3) is 0 Å². The molecule has 1 atom stereocenters. The summed E-state index contributed by atoms with van der Waals surface area (Å²) in [5.41, 5.74) is 1.27. The lowest BCUT2D eigenvalue weighted by Gasteiger charge is -2.21. The largest absolute Gasteiger partial charge is 0.424 e. The monoisotopic (exact) mass is 302 g/mol. The van der Waals surface area contributed by atoms with E-state index in [0.29, 0.717) is 31.4 Å². The van der Waals surface area contributed by atoms with E-state index in [1.807, 2.05) is 18.2 Å². The summed E-state index contributed by atoms with van der Waals surface area (Å²) in [6.07, 6.45) is -0.366. The highest BCUT2D eigenvalue weighted by Crippen LogP contribution is 2.11. The highest BCUT2D eigenvalue weighted by atomic mass is 16.4. The van der Waals surface area contributed by atoms with E-state index in [2.05, 4.69) is 32.1 Å². The normalized spacial score (nSPS) is 20.9. The number of hydrogen-bond acceptors (Lipinski definition) is 6. The molecule has 3 rings (SSSR count). The van der Waals surface area contributed by atoms with Crippen LogP contribution in [-0.4, -0.2) is 57.4 Å². The molecule has 0 bridgehead atoms. The fourth-order valence-corrected chi connectivity index (χ4v) is 2.84. The van der Waals surface area contributed by atoms with Crippen LogP contribution in [0.1, 0.15) is 17.3 Å². The van der Waals surface area contributed by atoms with Gasteiger partial charge in [0, 0.05) is 39.6 Å². The lowest BCUT2D eigenvalue weighted by Crippen LogP contribution is -2.33. The number of nitrogens with zero attached hydrogens (tertiary/aromatic N) is 4. The minimum atomic E-state index is -0.366. The van der Waals surface area contributed by atoms with E-state index in [1.54, 1.807) is 6.92 Å². The third-order valence-electron chi connectivity index (χ3n) is 3.85. The molecule has 0 saturated carbocycles. The molecule has 1 aromatic carbocycles. The molecule has 0 amide bonds. The molecule has 2 heterocycles. The van der Waals surface area contributed by atoms with Crippen molar-refractivity contribution in [2.45, 2.75) is 26.1 Å². The predicted molar refractivity (Wildman–Crippen MR) is 82.0 cm³/mol. The molecule has 118 valence electrons. The molecule has 0 aliphatic carbocycles. The Hall–Kier alpha value is -1.76. The van der Waals surface area contributed by atoms with Gasteiger partial charge in [0.05, 0.1) is 12.6 Å². The Kier molecular flexibility index (Phi) is 4.82. The van der Waals surface area contributed by atoms with Crippen molar-refractivity contribution in [1.29, 1.82) is 0 Å². The molecule has 1 aliphatic rings. The average Bonchev–Trinajstić information content (AvgIpc) is 2.82. The van der Waals surface area contributed by atoms with E-state index < -0.39 is 0 Å². The second kappa shape index (κ2) is 7.00. The van der Waals surface area contributed by atoms with Gasteiger partial charge in [-0.3, -0.25) is 9.80 Å². The molecule has 1 aliphatic heterocycles. The third kappa shape index (κ3) is 4.13. The van der Waals surface area contributed by atoms with Crippen molar-refractivity contribution < 1.29 is 9.52 Å². The van der Waals surface area contributed by atoms with Crippen molar-refractivity contribution >= 4 is 0 Å². The maximum Gasteiger partial charge on any atom is 0.230 e. The first-order valence-corrected chi connectivity index (χ1v) is 7.65. The molecule has 6 heteroatoms. The molecule has 1 aromatic heterocycles. The molecular weight excluding hydrogens is 280 g/mol. The predicted octanol–water partition coefficient (Wildman–Crippen LogP) is 1.06. The summed E-state index contributed by atoms with van der Waals surface area (Å²) in [7, 11) is 0. The zero-order valence-corrected chi connectivity index (χ0v) is 12.9. The molecule has 6 nitrogen and oxygen atoms in total. The molecule has 1 unspecified atom stereocenters. The van der Waals surface area contributed by atoms with Crippen LogP contribution >= 0.6 is 0 Å². The Balaban J connectivity index is 1.58. The van der Waals surface area contributed by atoms with Gasteiger partial charge < -0.3 is 9.52 Å². The van der Waals surface area contributed by atoms with Crippen LogP contribution in [0.5, 0.6) is 0 Å². The van der Waals surface area contributed by atoms with Crippen molar-refractivity contribution in [1.82, 2.24) is 20.0 Å². The van der Waals surface area contributed by atoms with E-state index in [-0.39, 0.29) is 6.10 Å². The van der Waals surface area contributed by atoms with Gasteiger partial charge in [0.1, 0.15) is 0 Å². The number of rotatable bonds is 4. The van der Waals surface area contributed by atoms with Gasteiger partial charge in [0.15, 0.2) is 0 Å². The Bertz CT molecular complexity index is 587. The van der Waals surface area contributed by atoms with Crippen LogP contribution in [-0.2, 0) is 13.1 Å². The van der Waals surface area contributed by atoms with Gasteiger partial charge in [-0.05, 0) is 5.56 Å². The fraction of sp³-hybridized carbons (Fsp3) is 0.500. The minimum Gasteiger partial charge on any atom is -0.424 e. The number of aromatic nitrogens is 2. The number of aliphatic hydroxyl groups excluding tert-OH is 1. The number of aliphatic hydroxyl groups is 1. The zero-order chi connectivity index (χ0) is 15.4. The summed E-state index contributed by atoms with van der Waals surface area (Å²) >= 11 is 0. The average molecular weight is 302 g/mol. The molecule has 1 saturated heterocycles. The van der Waals surface area contributed by atoms with Crippen LogP contribution in [0.25, 0.3) is 0 Å². The quantitative estimate of drug-likeness (QED) is 0.911. The topological polar surface area (TPSA) is 65.6 Å². The van der Waals surface area contributed by atoms with Crippen molar-refractivity contribution in [3.63, 3.8) is 0 Å². The zero-order valence-electron chi connectivity index (χ0n) is 12.9. The summed E-state index contributed by atoms with van der Waals surface area (Å²) in [6.45, 7) is 6.36. The van der Waals surface area contributed by atoms with Gasteiger partial charge in [-0.2, -0.15) is 0 Å². The number of benzene rings is 1. The first-order chi connectivity index (χ1) is 10.7. The van der Waals surface area contributed by atoms with Crippen LogP contribution in [0.2, 0.25) is 0 Å². The van der Waals surface area contributed by atoms with E-state index >= 15 is 0 Å². The maximum absolute atomic E-state index is 10.2. The summed E-state index contributed by atoms with van der Waals surface area (Å²) < 4.78 is 5.43. The van der Waals surface area contributed by atoms with Crippen molar-refractivity contribution in [3.8, 4) is 0 Å². The van der Waals surface area contributed by atoms with Gasteiger partial charge in [-0.15, -0.1) is 10.2 Å². The van der Waals surface area contributed by atoms with Crippen LogP contribution in [0.4, 0.5) is 0 Å². The van der Waals surface area contributed by atoms with Crippen molar-refractivity contribution in [2.75, 3.05) is 26.2 Å². The van der Waals surface area contributed by atoms with Gasteiger partial charge in [0.2, 0.25) is 11.8 Å². The molecule has 1 fully saturated rings. The molecule has 1 N–H and O–H groups in total. The summed E-state index contributed by atoms with van der Waals surface area (Å²) in [5, 5.41) is 18.1. The second-order valence-electron chi connectivity index (χ2n) is 5.82. The smallest absolute Gasteiger partial charge is 0.230 e. The molecule has 0 radical (unpaired) electrons. The van der Waals surface area contributed by atoms with E-state index in [9.17, 15) is 5.11 Å². The standard InChI is InChI=1S/C16H22N4O2/c1-13-17-18-16(22-13)12-20-8-7-19(10-15(21)11-20)9-14-5-3-2-4-6-14/h2-6,15,21H,7-12H2,1H3. The number of aryl methyl sites for hydroxylation is 1. The van der Waals surface area contributed by atoms with Gasteiger partial charge in [-0.1, -0.05) is 30.3 Å². The summed E-state index contributed by atoms with van der Waals surface area (Å²) in [5.74, 6) is 1.19. The lowest BCUT2D eigenvalue weighted by atomic mass is 10.2. The third-order valence-corrected chi connectivity index (χ3v) is 3.85. The molecule has 2 aromatic rings. The molecular formula is C16H22N4O2. The van der Waals surface area contributed by atoms with Crippen LogP contribution in [0.3, 0.4) is 0 Å². The maximum atomic E-state index is 10.2. The summed E-state index contributed by atoms with van der Waals surface area (Å²) in [6, 6.07) is 10.4. The van der Waals surface area contributed by atoms with Gasteiger partial charge >= 0.3 is 0 Å². The Morgan fingerprint density at radius 3 is 2.41 bits per heavy atom.